The lowest BCUT2D eigenvalue weighted by Crippen LogP contribution is -2.36. The molecule has 0 aliphatic heterocycles. The Hall–Kier alpha value is -1.08. The molecule has 12 heavy (non-hydrogen) atoms. The SMILES string of the molecule is CC(CN(C)C(C)C#N)C(N)=O. The second kappa shape index (κ2) is 4.73. The fourth-order valence-electron chi connectivity index (χ4n) is 0.779. The number of amides is 1. The summed E-state index contributed by atoms with van der Waals surface area (Å²) in [6.45, 7) is 4.07. The van der Waals surface area contributed by atoms with Gasteiger partial charge in [0.15, 0.2) is 0 Å². The van der Waals surface area contributed by atoms with Crippen molar-refractivity contribution in [2.24, 2.45) is 11.7 Å². The summed E-state index contributed by atoms with van der Waals surface area (Å²) in [5.74, 6) is -0.530. The molecule has 2 atom stereocenters. The molecule has 0 aromatic carbocycles. The molecule has 68 valence electrons. The van der Waals surface area contributed by atoms with Crippen molar-refractivity contribution in [3.63, 3.8) is 0 Å². The Labute approximate surface area is 72.9 Å². The third-order valence-electron chi connectivity index (χ3n) is 1.90. The van der Waals surface area contributed by atoms with Gasteiger partial charge in [0, 0.05) is 12.5 Å². The van der Waals surface area contributed by atoms with E-state index >= 15 is 0 Å². The quantitative estimate of drug-likeness (QED) is 0.641. The van der Waals surface area contributed by atoms with E-state index in [0.717, 1.165) is 0 Å². The summed E-state index contributed by atoms with van der Waals surface area (Å²) >= 11 is 0. The van der Waals surface area contributed by atoms with Gasteiger partial charge in [0.1, 0.15) is 0 Å². The molecular formula is C8H15N3O. The topological polar surface area (TPSA) is 70.1 Å². The summed E-state index contributed by atoms with van der Waals surface area (Å²) in [6, 6.07) is 1.91. The Kier molecular flexibility index (Phi) is 4.30. The fourth-order valence-corrected chi connectivity index (χ4v) is 0.779. The molecule has 2 N–H and O–H groups in total. The van der Waals surface area contributed by atoms with Crippen LogP contribution in [-0.2, 0) is 4.79 Å². The van der Waals surface area contributed by atoms with Crippen molar-refractivity contribution >= 4 is 5.91 Å². The van der Waals surface area contributed by atoms with E-state index in [1.54, 1.807) is 25.8 Å². The van der Waals surface area contributed by atoms with Crippen molar-refractivity contribution in [2.75, 3.05) is 13.6 Å². The number of primary amides is 1. The molecular weight excluding hydrogens is 154 g/mol. The van der Waals surface area contributed by atoms with Gasteiger partial charge >= 0.3 is 0 Å². The average Bonchev–Trinajstić information content (AvgIpc) is 2.02. The van der Waals surface area contributed by atoms with Gasteiger partial charge in [0.05, 0.1) is 12.1 Å². The minimum Gasteiger partial charge on any atom is -0.369 e. The van der Waals surface area contributed by atoms with Crippen LogP contribution < -0.4 is 5.73 Å². The van der Waals surface area contributed by atoms with Crippen molar-refractivity contribution < 1.29 is 4.79 Å². The third kappa shape index (κ3) is 3.35. The minimum absolute atomic E-state index is 0.174. The largest absolute Gasteiger partial charge is 0.369 e. The van der Waals surface area contributed by atoms with E-state index in [9.17, 15) is 4.79 Å². The predicted octanol–water partition coefficient (Wildman–Crippen LogP) is -0.0483. The summed E-state index contributed by atoms with van der Waals surface area (Å²) in [4.78, 5) is 12.5. The van der Waals surface area contributed by atoms with Gasteiger partial charge in [-0.25, -0.2) is 0 Å². The number of nitrogens with zero attached hydrogens (tertiary/aromatic N) is 2. The van der Waals surface area contributed by atoms with Gasteiger partial charge in [-0.2, -0.15) is 5.26 Å². The van der Waals surface area contributed by atoms with Crippen molar-refractivity contribution in [2.45, 2.75) is 19.9 Å². The summed E-state index contributed by atoms with van der Waals surface area (Å²) in [5.41, 5.74) is 5.08. The van der Waals surface area contributed by atoms with Gasteiger partial charge in [-0.05, 0) is 14.0 Å². The highest BCUT2D eigenvalue weighted by atomic mass is 16.1. The highest BCUT2D eigenvalue weighted by Crippen LogP contribution is 2.00. The van der Waals surface area contributed by atoms with E-state index in [1.807, 2.05) is 0 Å². The molecule has 0 heterocycles. The molecule has 0 rings (SSSR count). The van der Waals surface area contributed by atoms with Gasteiger partial charge in [0.25, 0.3) is 0 Å². The molecule has 0 fully saturated rings. The second-order valence-electron chi connectivity index (χ2n) is 3.05. The first-order chi connectivity index (χ1) is 5.49. The third-order valence-corrected chi connectivity index (χ3v) is 1.90. The van der Waals surface area contributed by atoms with Gasteiger partial charge < -0.3 is 5.73 Å². The maximum absolute atomic E-state index is 10.7. The molecule has 0 saturated carbocycles. The predicted molar refractivity (Wildman–Crippen MR) is 46.1 cm³/mol. The van der Waals surface area contributed by atoms with E-state index in [1.165, 1.54) is 0 Å². The van der Waals surface area contributed by atoms with Crippen LogP contribution in [0.15, 0.2) is 0 Å². The normalized spacial score (nSPS) is 15.2. The zero-order chi connectivity index (χ0) is 9.72. The standard InChI is InChI=1S/C8H15N3O/c1-6(8(10)12)5-11(3)7(2)4-9/h6-7H,5H2,1-3H3,(H2,10,12). The van der Waals surface area contributed by atoms with Crippen molar-refractivity contribution in [1.82, 2.24) is 4.90 Å². The molecule has 0 aliphatic carbocycles. The molecule has 4 heteroatoms. The van der Waals surface area contributed by atoms with E-state index in [4.69, 9.17) is 11.0 Å². The summed E-state index contributed by atoms with van der Waals surface area (Å²) in [7, 11) is 1.80. The van der Waals surface area contributed by atoms with Crippen LogP contribution in [0.25, 0.3) is 0 Å². The van der Waals surface area contributed by atoms with Crippen molar-refractivity contribution in [3.8, 4) is 6.07 Å². The molecule has 0 saturated heterocycles. The number of hydrogen-bond acceptors (Lipinski definition) is 3. The summed E-state index contributed by atoms with van der Waals surface area (Å²) in [6.07, 6.45) is 0. The Morgan fingerprint density at radius 3 is 2.50 bits per heavy atom. The summed E-state index contributed by atoms with van der Waals surface area (Å²) < 4.78 is 0. The molecule has 1 amide bonds. The van der Waals surface area contributed by atoms with E-state index in [-0.39, 0.29) is 17.9 Å². The number of hydrogen-bond donors (Lipinski definition) is 1. The number of nitriles is 1. The van der Waals surface area contributed by atoms with Crippen molar-refractivity contribution in [3.05, 3.63) is 0 Å². The van der Waals surface area contributed by atoms with Crippen LogP contribution in [0.4, 0.5) is 0 Å². The zero-order valence-corrected chi connectivity index (χ0v) is 7.74. The van der Waals surface area contributed by atoms with Crippen LogP contribution in [0, 0.1) is 17.2 Å². The van der Waals surface area contributed by atoms with Crippen LogP contribution in [0.5, 0.6) is 0 Å². The molecule has 0 aromatic heterocycles. The molecule has 0 radical (unpaired) electrons. The number of carbonyl (C=O) groups excluding carboxylic acids is 1. The number of rotatable bonds is 4. The molecule has 2 unspecified atom stereocenters. The van der Waals surface area contributed by atoms with Gasteiger partial charge in [-0.1, -0.05) is 6.92 Å². The van der Waals surface area contributed by atoms with Crippen LogP contribution >= 0.6 is 0 Å². The number of nitrogens with two attached hydrogens (primary N) is 1. The Balaban J connectivity index is 3.93. The van der Waals surface area contributed by atoms with Crippen LogP contribution in [0.1, 0.15) is 13.8 Å². The molecule has 0 spiro atoms. The molecule has 0 aliphatic rings. The maximum atomic E-state index is 10.7. The molecule has 0 bridgehead atoms. The molecule has 0 aromatic rings. The average molecular weight is 169 g/mol. The molecule has 4 nitrogen and oxygen atoms in total. The first kappa shape index (κ1) is 10.9. The van der Waals surface area contributed by atoms with Crippen LogP contribution in [0.2, 0.25) is 0 Å². The first-order valence-electron chi connectivity index (χ1n) is 3.88. The number of carbonyl (C=O) groups is 1. The van der Waals surface area contributed by atoms with Gasteiger partial charge in [-0.3, -0.25) is 9.69 Å². The van der Waals surface area contributed by atoms with Crippen LogP contribution in [-0.4, -0.2) is 30.4 Å². The lowest BCUT2D eigenvalue weighted by atomic mass is 10.1. The monoisotopic (exact) mass is 169 g/mol. The highest BCUT2D eigenvalue weighted by Gasteiger charge is 2.14. The summed E-state index contributed by atoms with van der Waals surface area (Å²) in [5, 5.41) is 8.55. The van der Waals surface area contributed by atoms with E-state index in [2.05, 4.69) is 6.07 Å². The lowest BCUT2D eigenvalue weighted by Gasteiger charge is -2.21. The Morgan fingerprint density at radius 2 is 2.17 bits per heavy atom. The first-order valence-corrected chi connectivity index (χ1v) is 3.88. The minimum atomic E-state index is -0.327. The Bertz CT molecular complexity index is 197. The van der Waals surface area contributed by atoms with Crippen LogP contribution in [0.3, 0.4) is 0 Å². The second-order valence-corrected chi connectivity index (χ2v) is 3.05. The maximum Gasteiger partial charge on any atom is 0.221 e. The van der Waals surface area contributed by atoms with Crippen molar-refractivity contribution in [1.29, 1.82) is 5.26 Å². The fraction of sp³-hybridized carbons (Fsp3) is 0.750. The van der Waals surface area contributed by atoms with Gasteiger partial charge in [0.2, 0.25) is 5.91 Å². The zero-order valence-electron chi connectivity index (χ0n) is 7.74. The van der Waals surface area contributed by atoms with E-state index in [0.29, 0.717) is 6.54 Å². The Morgan fingerprint density at radius 1 is 1.67 bits per heavy atom. The highest BCUT2D eigenvalue weighted by molar-refractivity contribution is 5.76. The van der Waals surface area contributed by atoms with E-state index < -0.39 is 0 Å². The lowest BCUT2D eigenvalue weighted by molar-refractivity contribution is -0.121. The smallest absolute Gasteiger partial charge is 0.221 e. The van der Waals surface area contributed by atoms with Gasteiger partial charge in [-0.15, -0.1) is 0 Å².